The average molecular weight is 599 g/mol. The first-order chi connectivity index (χ1) is 21.2. The second-order valence-electron chi connectivity index (χ2n) is 11.2. The Hall–Kier alpha value is -4.83. The zero-order chi connectivity index (χ0) is 30.8. The van der Waals surface area contributed by atoms with E-state index in [9.17, 15) is 23.9 Å². The Morgan fingerprint density at radius 2 is 1.59 bits per heavy atom. The van der Waals surface area contributed by atoms with Gasteiger partial charge in [0.05, 0.1) is 24.1 Å². The Labute approximate surface area is 253 Å². The van der Waals surface area contributed by atoms with Crippen molar-refractivity contribution in [2.75, 3.05) is 20.2 Å². The van der Waals surface area contributed by atoms with Gasteiger partial charge in [0.1, 0.15) is 17.3 Å². The number of nitrogens with zero attached hydrogens (tertiary/aromatic N) is 2. The summed E-state index contributed by atoms with van der Waals surface area (Å²) in [5.41, 5.74) is 1.02. The number of rotatable bonds is 10. The number of methoxy groups -OCH3 is 1. The highest BCUT2D eigenvalue weighted by Crippen LogP contribution is 2.49. The predicted octanol–water partition coefficient (Wildman–Crippen LogP) is 5.44. The summed E-state index contributed by atoms with van der Waals surface area (Å²) in [6.45, 7) is 0.629. The van der Waals surface area contributed by atoms with Crippen molar-refractivity contribution in [1.82, 2.24) is 9.88 Å². The number of aliphatic hydroxyl groups excluding tert-OH is 1. The van der Waals surface area contributed by atoms with E-state index in [1.54, 1.807) is 60.8 Å². The first kappa shape index (κ1) is 29.3. The largest absolute Gasteiger partial charge is 0.493 e. The summed E-state index contributed by atoms with van der Waals surface area (Å²) in [6.07, 6.45) is 2.26. The van der Waals surface area contributed by atoms with Crippen molar-refractivity contribution in [3.05, 3.63) is 89.9 Å². The number of amides is 1. The van der Waals surface area contributed by atoms with Gasteiger partial charge in [-0.15, -0.1) is 0 Å². The van der Waals surface area contributed by atoms with Crippen LogP contribution in [0.4, 0.5) is 9.18 Å². The summed E-state index contributed by atoms with van der Waals surface area (Å²) in [6, 6.07) is 17.9. The van der Waals surface area contributed by atoms with Gasteiger partial charge in [0, 0.05) is 43.6 Å². The molecule has 9 nitrogen and oxygen atoms in total. The second kappa shape index (κ2) is 12.0. The van der Waals surface area contributed by atoms with Gasteiger partial charge in [-0.2, -0.15) is 0 Å². The third kappa shape index (κ3) is 6.12. The Morgan fingerprint density at radius 3 is 2.18 bits per heavy atom. The molecule has 4 aromatic rings. The first-order valence-corrected chi connectivity index (χ1v) is 14.4. The lowest BCUT2D eigenvalue weighted by Crippen LogP contribution is -2.32. The number of pyridine rings is 1. The SMILES string of the molecule is COc1cc2c(Oc3ccc(CC(=O)C4(C(=O)Cc5ccc(F)cc5)CC4)cc3)ccnc2cc1OC(=O)N1CC[C@@H](O)C1. The summed E-state index contributed by atoms with van der Waals surface area (Å²) < 4.78 is 30.4. The minimum atomic E-state index is -0.957. The third-order valence-corrected chi connectivity index (χ3v) is 8.22. The normalized spacial score (nSPS) is 16.9. The van der Waals surface area contributed by atoms with Crippen molar-refractivity contribution in [2.45, 2.75) is 38.2 Å². The molecule has 0 unspecified atom stereocenters. The quantitative estimate of drug-likeness (QED) is 0.240. The van der Waals surface area contributed by atoms with Crippen LogP contribution in [-0.4, -0.2) is 59.0 Å². The lowest BCUT2D eigenvalue weighted by molar-refractivity contribution is -0.133. The molecule has 1 amide bonds. The minimum absolute atomic E-state index is 0.107. The number of Topliss-reactive ketones (excluding diaryl/α,β-unsaturated/α-hetero) is 2. The summed E-state index contributed by atoms with van der Waals surface area (Å²) in [4.78, 5) is 44.6. The van der Waals surface area contributed by atoms with Crippen molar-refractivity contribution >= 4 is 28.6 Å². The number of carbonyl (C=O) groups is 3. The molecule has 6 rings (SSSR count). The number of fused-ring (bicyclic) bond motifs is 1. The van der Waals surface area contributed by atoms with Gasteiger partial charge >= 0.3 is 6.09 Å². The molecule has 1 saturated heterocycles. The van der Waals surface area contributed by atoms with E-state index in [0.717, 1.165) is 5.56 Å². The van der Waals surface area contributed by atoms with Crippen molar-refractivity contribution < 1.29 is 38.1 Å². The standard InChI is InChI=1S/C34H31FN2O7/c1-42-29-18-26-27(19-30(29)44-33(41)37-15-11-24(38)20-37)36-14-10-28(26)43-25-8-4-22(5-9-25)17-32(40)34(12-13-34)31(39)16-21-2-6-23(35)7-3-21/h2-10,14,18-19,24,38H,11-13,15-17,20H2,1H3/t24-/m1/s1. The molecule has 1 saturated carbocycles. The Kier molecular flexibility index (Phi) is 8.01. The lowest BCUT2D eigenvalue weighted by atomic mass is 9.88. The summed E-state index contributed by atoms with van der Waals surface area (Å²) in [5, 5.41) is 10.4. The molecule has 44 heavy (non-hydrogen) atoms. The maximum Gasteiger partial charge on any atom is 0.415 e. The number of halogens is 1. The maximum atomic E-state index is 13.2. The summed E-state index contributed by atoms with van der Waals surface area (Å²) >= 11 is 0. The van der Waals surface area contributed by atoms with E-state index >= 15 is 0 Å². The molecule has 0 bridgehead atoms. The molecule has 1 atom stereocenters. The van der Waals surface area contributed by atoms with Crippen LogP contribution in [0.1, 0.15) is 30.4 Å². The van der Waals surface area contributed by atoms with Gasteiger partial charge in [0.2, 0.25) is 0 Å². The fourth-order valence-corrected chi connectivity index (χ4v) is 5.47. The highest BCUT2D eigenvalue weighted by molar-refractivity contribution is 6.11. The fraction of sp³-hybridized carbons (Fsp3) is 0.294. The van der Waals surface area contributed by atoms with E-state index in [2.05, 4.69) is 4.98 Å². The van der Waals surface area contributed by atoms with Crippen LogP contribution in [0.3, 0.4) is 0 Å². The number of hydrogen-bond donors (Lipinski definition) is 1. The number of carbonyl (C=O) groups excluding carboxylic acids is 3. The topological polar surface area (TPSA) is 115 Å². The van der Waals surface area contributed by atoms with Crippen LogP contribution in [0.25, 0.3) is 10.9 Å². The molecule has 2 aliphatic rings. The molecule has 2 heterocycles. The zero-order valence-electron chi connectivity index (χ0n) is 24.1. The van der Waals surface area contributed by atoms with Crippen LogP contribution in [-0.2, 0) is 22.4 Å². The molecule has 226 valence electrons. The molecule has 3 aromatic carbocycles. The monoisotopic (exact) mass is 598 g/mol. The number of ether oxygens (including phenoxy) is 3. The van der Waals surface area contributed by atoms with E-state index in [1.165, 1.54) is 24.1 Å². The Bertz CT molecular complexity index is 1720. The van der Waals surface area contributed by atoms with Gasteiger partial charge in [-0.25, -0.2) is 9.18 Å². The van der Waals surface area contributed by atoms with Crippen molar-refractivity contribution in [3.63, 3.8) is 0 Å². The molecule has 0 radical (unpaired) electrons. The minimum Gasteiger partial charge on any atom is -0.493 e. The first-order valence-electron chi connectivity index (χ1n) is 14.4. The van der Waals surface area contributed by atoms with Crippen molar-refractivity contribution in [1.29, 1.82) is 0 Å². The predicted molar refractivity (Wildman–Crippen MR) is 159 cm³/mol. The van der Waals surface area contributed by atoms with Gasteiger partial charge in [-0.05, 0) is 66.8 Å². The van der Waals surface area contributed by atoms with Crippen LogP contribution in [0.5, 0.6) is 23.0 Å². The van der Waals surface area contributed by atoms with Gasteiger partial charge < -0.3 is 24.2 Å². The van der Waals surface area contributed by atoms with Crippen LogP contribution >= 0.6 is 0 Å². The van der Waals surface area contributed by atoms with Gasteiger partial charge in [0.15, 0.2) is 23.1 Å². The van der Waals surface area contributed by atoms with Crippen LogP contribution < -0.4 is 14.2 Å². The number of aromatic nitrogens is 1. The second-order valence-corrected chi connectivity index (χ2v) is 11.2. The fourth-order valence-electron chi connectivity index (χ4n) is 5.47. The number of aliphatic hydroxyl groups is 1. The molecule has 10 heteroatoms. The average Bonchev–Trinajstić information content (AvgIpc) is 3.73. The van der Waals surface area contributed by atoms with Crippen molar-refractivity contribution in [2.24, 2.45) is 5.41 Å². The molecular weight excluding hydrogens is 567 g/mol. The van der Waals surface area contributed by atoms with Crippen LogP contribution in [0.15, 0.2) is 72.9 Å². The zero-order valence-corrected chi connectivity index (χ0v) is 24.1. The van der Waals surface area contributed by atoms with E-state index < -0.39 is 17.6 Å². The molecule has 0 spiro atoms. The Morgan fingerprint density at radius 1 is 0.932 bits per heavy atom. The van der Waals surface area contributed by atoms with Gasteiger partial charge in [-0.1, -0.05) is 24.3 Å². The number of ketones is 2. The summed E-state index contributed by atoms with van der Waals surface area (Å²) in [5.74, 6) is 0.958. The maximum absolute atomic E-state index is 13.2. The summed E-state index contributed by atoms with van der Waals surface area (Å²) in [7, 11) is 1.47. The number of benzene rings is 3. The molecule has 1 aliphatic heterocycles. The van der Waals surface area contributed by atoms with E-state index in [4.69, 9.17) is 14.2 Å². The molecule has 2 fully saturated rings. The smallest absolute Gasteiger partial charge is 0.415 e. The van der Waals surface area contributed by atoms with Gasteiger partial charge in [0.25, 0.3) is 0 Å². The van der Waals surface area contributed by atoms with Crippen LogP contribution in [0.2, 0.25) is 0 Å². The van der Waals surface area contributed by atoms with Crippen LogP contribution in [0, 0.1) is 11.2 Å². The van der Waals surface area contributed by atoms with Gasteiger partial charge in [-0.3, -0.25) is 14.6 Å². The third-order valence-electron chi connectivity index (χ3n) is 8.22. The highest BCUT2D eigenvalue weighted by Gasteiger charge is 2.54. The lowest BCUT2D eigenvalue weighted by Gasteiger charge is -2.17. The molecule has 1 aliphatic carbocycles. The van der Waals surface area contributed by atoms with E-state index in [-0.39, 0.29) is 42.5 Å². The molecule has 1 aromatic heterocycles. The number of hydrogen-bond acceptors (Lipinski definition) is 8. The molecular formula is C34H31FN2O7. The number of β-amino-alcohol motifs (C(OH)–C–C–N with tert-alkyl or cyclic N) is 1. The molecule has 1 N–H and O–H groups in total. The Balaban J connectivity index is 1.12. The number of likely N-dealkylation sites (tertiary alicyclic amines) is 1. The van der Waals surface area contributed by atoms with Crippen molar-refractivity contribution in [3.8, 4) is 23.0 Å². The highest BCUT2D eigenvalue weighted by atomic mass is 19.1. The van der Waals surface area contributed by atoms with E-state index in [0.29, 0.717) is 59.5 Å². The van der Waals surface area contributed by atoms with E-state index in [1.807, 2.05) is 0 Å².